The van der Waals surface area contributed by atoms with E-state index in [9.17, 15) is 4.79 Å². The van der Waals surface area contributed by atoms with E-state index in [1.165, 1.54) is 49.0 Å². The highest BCUT2D eigenvalue weighted by atomic mass is 16.1. The Kier molecular flexibility index (Phi) is 6.84. The first kappa shape index (κ1) is 18.7. The Balaban J connectivity index is 1.54. The lowest BCUT2D eigenvalue weighted by Crippen LogP contribution is -2.32. The molecule has 2 aromatic carbocycles. The summed E-state index contributed by atoms with van der Waals surface area (Å²) < 4.78 is 0. The average molecular weight is 351 g/mol. The number of carbonyl (C=O) groups is 1. The van der Waals surface area contributed by atoms with Crippen molar-refractivity contribution in [3.63, 3.8) is 0 Å². The zero-order chi connectivity index (χ0) is 18.2. The van der Waals surface area contributed by atoms with E-state index in [-0.39, 0.29) is 11.8 Å². The quantitative estimate of drug-likeness (QED) is 0.813. The van der Waals surface area contributed by atoms with Gasteiger partial charge in [0.1, 0.15) is 0 Å². The fraction of sp³-hybridized carbons (Fsp3) is 0.435. The van der Waals surface area contributed by atoms with E-state index < -0.39 is 0 Å². The summed E-state index contributed by atoms with van der Waals surface area (Å²) in [6, 6.07) is 18.7. The number of rotatable bonds is 7. The molecule has 1 amide bonds. The summed E-state index contributed by atoms with van der Waals surface area (Å²) in [6.07, 6.45) is 4.74. The Bertz CT molecular complexity index is 692. The third-order valence-corrected chi connectivity index (χ3v) is 5.25. The van der Waals surface area contributed by atoms with Crippen molar-refractivity contribution in [3.8, 4) is 0 Å². The molecular weight excluding hydrogens is 320 g/mol. The Hall–Kier alpha value is -2.13. The van der Waals surface area contributed by atoms with E-state index in [2.05, 4.69) is 46.6 Å². The van der Waals surface area contributed by atoms with Crippen molar-refractivity contribution in [2.75, 3.05) is 13.1 Å². The van der Waals surface area contributed by atoms with Gasteiger partial charge in [0.05, 0.1) is 0 Å². The standard InChI is InChI=1S/C23H30N2O/c1-19(16-20-10-4-2-5-11-20)23(26)24-17-21-12-6-7-13-22(21)18-25-14-8-3-9-15-25/h2,4-7,10-13,19H,3,8-9,14-18H2,1H3,(H,24,26)/t19-/m1/s1. The summed E-state index contributed by atoms with van der Waals surface area (Å²) in [5.74, 6) is 0.105. The molecular formula is C23H30N2O. The highest BCUT2D eigenvalue weighted by Crippen LogP contribution is 2.16. The lowest BCUT2D eigenvalue weighted by Gasteiger charge is -2.27. The molecule has 1 atom stereocenters. The molecule has 0 saturated carbocycles. The smallest absolute Gasteiger partial charge is 0.223 e. The van der Waals surface area contributed by atoms with Crippen molar-refractivity contribution in [3.05, 3.63) is 71.3 Å². The van der Waals surface area contributed by atoms with Gasteiger partial charge in [-0.3, -0.25) is 9.69 Å². The lowest BCUT2D eigenvalue weighted by molar-refractivity contribution is -0.124. The van der Waals surface area contributed by atoms with Crippen molar-refractivity contribution in [2.24, 2.45) is 5.92 Å². The Labute approximate surface area is 157 Å². The molecule has 0 aliphatic carbocycles. The zero-order valence-corrected chi connectivity index (χ0v) is 15.8. The van der Waals surface area contributed by atoms with Gasteiger partial charge in [0, 0.05) is 19.0 Å². The van der Waals surface area contributed by atoms with E-state index >= 15 is 0 Å². The minimum absolute atomic E-state index is 0.0216. The van der Waals surface area contributed by atoms with Crippen LogP contribution in [0.15, 0.2) is 54.6 Å². The molecule has 3 nitrogen and oxygen atoms in total. The van der Waals surface area contributed by atoms with Crippen molar-refractivity contribution in [1.82, 2.24) is 10.2 Å². The molecule has 0 spiro atoms. The van der Waals surface area contributed by atoms with Crippen molar-refractivity contribution in [1.29, 1.82) is 0 Å². The van der Waals surface area contributed by atoms with Crippen LogP contribution in [0, 0.1) is 5.92 Å². The predicted octanol–water partition coefficient (Wildman–Crippen LogP) is 4.17. The van der Waals surface area contributed by atoms with Gasteiger partial charge in [0.2, 0.25) is 5.91 Å². The number of nitrogens with zero attached hydrogens (tertiary/aromatic N) is 1. The van der Waals surface area contributed by atoms with E-state index in [0.717, 1.165) is 13.0 Å². The van der Waals surface area contributed by atoms with Crippen LogP contribution in [-0.2, 0) is 24.3 Å². The molecule has 0 radical (unpaired) electrons. The fourth-order valence-electron chi connectivity index (χ4n) is 3.66. The second kappa shape index (κ2) is 9.54. The summed E-state index contributed by atoms with van der Waals surface area (Å²) in [6.45, 7) is 5.99. The maximum atomic E-state index is 12.5. The molecule has 0 aromatic heterocycles. The van der Waals surface area contributed by atoms with Gasteiger partial charge >= 0.3 is 0 Å². The molecule has 1 aliphatic rings. The largest absolute Gasteiger partial charge is 0.352 e. The van der Waals surface area contributed by atoms with Crippen LogP contribution in [-0.4, -0.2) is 23.9 Å². The van der Waals surface area contributed by atoms with Gasteiger partial charge in [0.15, 0.2) is 0 Å². The number of benzene rings is 2. The van der Waals surface area contributed by atoms with Gasteiger partial charge in [-0.05, 0) is 49.0 Å². The Morgan fingerprint density at radius 2 is 1.62 bits per heavy atom. The summed E-state index contributed by atoms with van der Waals surface area (Å²) in [7, 11) is 0. The molecule has 26 heavy (non-hydrogen) atoms. The van der Waals surface area contributed by atoms with Crippen LogP contribution < -0.4 is 5.32 Å². The second-order valence-corrected chi connectivity index (χ2v) is 7.41. The van der Waals surface area contributed by atoms with E-state index in [0.29, 0.717) is 6.54 Å². The van der Waals surface area contributed by atoms with Crippen molar-refractivity contribution < 1.29 is 4.79 Å². The van der Waals surface area contributed by atoms with Gasteiger partial charge in [-0.15, -0.1) is 0 Å². The van der Waals surface area contributed by atoms with Crippen LogP contribution in [0.1, 0.15) is 42.9 Å². The number of hydrogen-bond donors (Lipinski definition) is 1. The topological polar surface area (TPSA) is 32.3 Å². The van der Waals surface area contributed by atoms with Gasteiger partial charge in [0.25, 0.3) is 0 Å². The van der Waals surface area contributed by atoms with Gasteiger partial charge < -0.3 is 5.32 Å². The molecule has 1 heterocycles. The van der Waals surface area contributed by atoms with Gasteiger partial charge in [-0.1, -0.05) is 67.9 Å². The molecule has 0 bridgehead atoms. The molecule has 3 heteroatoms. The van der Waals surface area contributed by atoms with Crippen LogP contribution in [0.2, 0.25) is 0 Å². The van der Waals surface area contributed by atoms with Crippen molar-refractivity contribution >= 4 is 5.91 Å². The van der Waals surface area contributed by atoms with Crippen LogP contribution in [0.4, 0.5) is 0 Å². The minimum atomic E-state index is -0.0216. The van der Waals surface area contributed by atoms with Crippen LogP contribution in [0.5, 0.6) is 0 Å². The fourth-order valence-corrected chi connectivity index (χ4v) is 3.66. The van der Waals surface area contributed by atoms with Crippen LogP contribution in [0.3, 0.4) is 0 Å². The summed E-state index contributed by atoms with van der Waals surface area (Å²) >= 11 is 0. The maximum Gasteiger partial charge on any atom is 0.223 e. The Morgan fingerprint density at radius 1 is 0.962 bits per heavy atom. The second-order valence-electron chi connectivity index (χ2n) is 7.41. The molecule has 0 unspecified atom stereocenters. The normalized spacial score (nSPS) is 16.2. The third kappa shape index (κ3) is 5.43. The first-order valence-corrected chi connectivity index (χ1v) is 9.83. The molecule has 1 aliphatic heterocycles. The molecule has 1 fully saturated rings. The highest BCUT2D eigenvalue weighted by molar-refractivity contribution is 5.78. The summed E-state index contributed by atoms with van der Waals surface area (Å²) in [4.78, 5) is 15.0. The first-order valence-electron chi connectivity index (χ1n) is 9.83. The van der Waals surface area contributed by atoms with Crippen molar-refractivity contribution in [2.45, 2.75) is 45.7 Å². The predicted molar refractivity (Wildman–Crippen MR) is 107 cm³/mol. The van der Waals surface area contributed by atoms with Crippen LogP contribution in [0.25, 0.3) is 0 Å². The Morgan fingerprint density at radius 3 is 2.35 bits per heavy atom. The highest BCUT2D eigenvalue weighted by Gasteiger charge is 2.15. The number of piperidine rings is 1. The van der Waals surface area contributed by atoms with Gasteiger partial charge in [-0.2, -0.15) is 0 Å². The number of carbonyl (C=O) groups excluding carboxylic acids is 1. The number of likely N-dealkylation sites (tertiary alicyclic amines) is 1. The SMILES string of the molecule is C[C@H](Cc1ccccc1)C(=O)NCc1ccccc1CN1CCCCC1. The van der Waals surface area contributed by atoms with Gasteiger partial charge in [-0.25, -0.2) is 0 Å². The van der Waals surface area contributed by atoms with E-state index in [1.54, 1.807) is 0 Å². The molecule has 1 saturated heterocycles. The minimum Gasteiger partial charge on any atom is -0.352 e. The van der Waals surface area contributed by atoms with E-state index in [4.69, 9.17) is 0 Å². The number of hydrogen-bond acceptors (Lipinski definition) is 2. The third-order valence-electron chi connectivity index (χ3n) is 5.25. The summed E-state index contributed by atoms with van der Waals surface area (Å²) in [5.41, 5.74) is 3.78. The first-order chi connectivity index (χ1) is 12.7. The molecule has 138 valence electrons. The lowest BCUT2D eigenvalue weighted by atomic mass is 10.00. The summed E-state index contributed by atoms with van der Waals surface area (Å²) in [5, 5.41) is 3.14. The molecule has 1 N–H and O–H groups in total. The van der Waals surface area contributed by atoms with E-state index in [1.807, 2.05) is 25.1 Å². The monoisotopic (exact) mass is 350 g/mol. The maximum absolute atomic E-state index is 12.5. The number of nitrogens with one attached hydrogen (secondary N) is 1. The molecule has 3 rings (SSSR count). The average Bonchev–Trinajstić information content (AvgIpc) is 2.68. The number of amides is 1. The van der Waals surface area contributed by atoms with Crippen LogP contribution >= 0.6 is 0 Å². The molecule has 2 aromatic rings. The zero-order valence-electron chi connectivity index (χ0n) is 15.8.